The Morgan fingerprint density at radius 3 is 1.48 bits per heavy atom. The summed E-state index contributed by atoms with van der Waals surface area (Å²) in [5.41, 5.74) is 9.52. The fourth-order valence-electron chi connectivity index (χ4n) is 4.77. The Kier molecular flexibility index (Phi) is 2.30. The molecule has 4 aromatic carbocycles. The molecular formula is C26H14O. The molecule has 0 bridgehead atoms. The molecule has 7 rings (SSSR count). The summed E-state index contributed by atoms with van der Waals surface area (Å²) in [6.07, 6.45) is 4.51. The van der Waals surface area contributed by atoms with Gasteiger partial charge in [-0.15, -0.1) is 0 Å². The molecule has 1 nitrogen and oxygen atoms in total. The fourth-order valence-corrected chi connectivity index (χ4v) is 4.77. The highest BCUT2D eigenvalue weighted by Gasteiger charge is 2.22. The third-order valence-corrected chi connectivity index (χ3v) is 5.96. The van der Waals surface area contributed by atoms with Crippen molar-refractivity contribution >= 4 is 34.1 Å². The lowest BCUT2D eigenvalue weighted by molar-refractivity contribution is 0.670. The van der Waals surface area contributed by atoms with Crippen molar-refractivity contribution in [3.8, 4) is 22.3 Å². The molecule has 1 aromatic heterocycles. The molecule has 1 heteroatoms. The Balaban J connectivity index is 1.67. The Hall–Kier alpha value is -3.58. The van der Waals surface area contributed by atoms with Crippen LogP contribution < -0.4 is 10.4 Å². The van der Waals surface area contributed by atoms with Crippen LogP contribution in [-0.4, -0.2) is 0 Å². The van der Waals surface area contributed by atoms with E-state index in [2.05, 4.69) is 84.9 Å². The summed E-state index contributed by atoms with van der Waals surface area (Å²) in [4.78, 5) is 0. The van der Waals surface area contributed by atoms with Crippen molar-refractivity contribution in [2.75, 3.05) is 0 Å². The highest BCUT2D eigenvalue weighted by molar-refractivity contribution is 6.15. The van der Waals surface area contributed by atoms with E-state index >= 15 is 0 Å². The van der Waals surface area contributed by atoms with Crippen LogP contribution in [0, 0.1) is 0 Å². The highest BCUT2D eigenvalue weighted by Crippen LogP contribution is 2.41. The zero-order valence-corrected chi connectivity index (χ0v) is 14.5. The molecule has 2 aliphatic rings. The van der Waals surface area contributed by atoms with Crippen LogP contribution in [0.3, 0.4) is 0 Å². The summed E-state index contributed by atoms with van der Waals surface area (Å²) in [6, 6.07) is 26.0. The van der Waals surface area contributed by atoms with Crippen molar-refractivity contribution in [3.05, 3.63) is 94.4 Å². The maximum absolute atomic E-state index is 6.61. The molecule has 2 aliphatic carbocycles. The van der Waals surface area contributed by atoms with Gasteiger partial charge in [-0.1, -0.05) is 60.7 Å². The molecule has 0 unspecified atom stereocenters. The molecule has 0 amide bonds. The lowest BCUT2D eigenvalue weighted by atomic mass is 10.0. The maximum atomic E-state index is 6.61. The Bertz CT molecular complexity index is 1450. The van der Waals surface area contributed by atoms with Crippen molar-refractivity contribution in [2.24, 2.45) is 0 Å². The van der Waals surface area contributed by atoms with Gasteiger partial charge < -0.3 is 4.42 Å². The van der Waals surface area contributed by atoms with Crippen LogP contribution in [0.25, 0.3) is 56.3 Å². The van der Waals surface area contributed by atoms with Crippen molar-refractivity contribution in [1.29, 1.82) is 0 Å². The molecule has 27 heavy (non-hydrogen) atoms. The maximum Gasteiger partial charge on any atom is 0.143 e. The fraction of sp³-hybridized carbons (Fsp3) is 0. The summed E-state index contributed by atoms with van der Waals surface area (Å²) in [5, 5.41) is 4.87. The van der Waals surface area contributed by atoms with Crippen LogP contribution in [-0.2, 0) is 0 Å². The number of hydrogen-bond acceptors (Lipinski definition) is 1. The van der Waals surface area contributed by atoms with E-state index in [0.29, 0.717) is 0 Å². The number of fused-ring (bicyclic) bond motifs is 11. The van der Waals surface area contributed by atoms with Crippen molar-refractivity contribution < 1.29 is 4.42 Å². The predicted octanol–water partition coefficient (Wildman–Crippen LogP) is 5.20. The van der Waals surface area contributed by atoms with Gasteiger partial charge in [-0.25, -0.2) is 0 Å². The molecule has 1 heterocycles. The molecule has 5 aromatic rings. The topological polar surface area (TPSA) is 13.1 Å². The second-order valence-electron chi connectivity index (χ2n) is 7.38. The molecule has 0 saturated heterocycles. The van der Waals surface area contributed by atoms with Gasteiger partial charge in [0.1, 0.15) is 11.2 Å². The Labute approximate surface area is 155 Å². The second kappa shape index (κ2) is 4.57. The molecule has 0 atom stereocenters. The number of furan rings is 1. The first-order chi connectivity index (χ1) is 13.4. The van der Waals surface area contributed by atoms with E-state index in [1.54, 1.807) is 0 Å². The minimum absolute atomic E-state index is 1.00. The van der Waals surface area contributed by atoms with Crippen LogP contribution in [0.15, 0.2) is 77.2 Å². The van der Waals surface area contributed by atoms with Crippen LogP contribution in [0.1, 0.15) is 11.1 Å². The first kappa shape index (κ1) is 13.6. The van der Waals surface area contributed by atoms with Gasteiger partial charge in [-0.05, 0) is 57.0 Å². The third kappa shape index (κ3) is 1.60. The van der Waals surface area contributed by atoms with E-state index in [-0.39, 0.29) is 0 Å². The lowest BCUT2D eigenvalue weighted by Crippen LogP contribution is -1.99. The highest BCUT2D eigenvalue weighted by atomic mass is 16.3. The zero-order chi connectivity index (χ0) is 17.5. The first-order valence-corrected chi connectivity index (χ1v) is 9.29. The molecular weight excluding hydrogens is 328 g/mol. The lowest BCUT2D eigenvalue weighted by Gasteiger charge is -2.01. The number of hydrogen-bond donors (Lipinski definition) is 0. The van der Waals surface area contributed by atoms with Crippen molar-refractivity contribution in [1.82, 2.24) is 0 Å². The zero-order valence-electron chi connectivity index (χ0n) is 14.5. The monoisotopic (exact) mass is 342 g/mol. The molecule has 0 fully saturated rings. The van der Waals surface area contributed by atoms with Gasteiger partial charge in [-0.3, -0.25) is 0 Å². The first-order valence-electron chi connectivity index (χ1n) is 9.29. The van der Waals surface area contributed by atoms with Gasteiger partial charge in [0.05, 0.1) is 0 Å². The van der Waals surface area contributed by atoms with Crippen LogP contribution in [0.2, 0.25) is 0 Å². The van der Waals surface area contributed by atoms with Gasteiger partial charge in [0, 0.05) is 21.9 Å². The molecule has 0 aliphatic heterocycles. The molecule has 0 radical (unpaired) electrons. The van der Waals surface area contributed by atoms with Crippen molar-refractivity contribution in [3.63, 3.8) is 0 Å². The van der Waals surface area contributed by atoms with Gasteiger partial charge in [0.2, 0.25) is 0 Å². The standard InChI is InChI=1S/C26H14O/c1-3-7-19-15(5-1)13-17-9-11-21-22-12-10-18-14-16-6-2-4-8-20(16)24(18)26(22)27-25(21)23(17)19/h1-14H. The van der Waals surface area contributed by atoms with Gasteiger partial charge >= 0.3 is 0 Å². The summed E-state index contributed by atoms with van der Waals surface area (Å²) in [7, 11) is 0. The Morgan fingerprint density at radius 1 is 0.481 bits per heavy atom. The molecule has 124 valence electrons. The van der Waals surface area contributed by atoms with Crippen LogP contribution in [0.5, 0.6) is 0 Å². The largest absolute Gasteiger partial charge is 0.455 e. The van der Waals surface area contributed by atoms with Crippen LogP contribution >= 0.6 is 0 Å². The molecule has 0 spiro atoms. The van der Waals surface area contributed by atoms with E-state index in [0.717, 1.165) is 11.2 Å². The van der Waals surface area contributed by atoms with Gasteiger partial charge in [0.15, 0.2) is 0 Å². The minimum atomic E-state index is 1.00. The predicted molar refractivity (Wildman–Crippen MR) is 111 cm³/mol. The number of benzene rings is 4. The van der Waals surface area contributed by atoms with E-state index in [4.69, 9.17) is 4.42 Å². The van der Waals surface area contributed by atoms with E-state index in [9.17, 15) is 0 Å². The normalized spacial score (nSPS) is 13.0. The Morgan fingerprint density at radius 2 is 0.963 bits per heavy atom. The third-order valence-electron chi connectivity index (χ3n) is 5.96. The SMILES string of the molecule is C1=c2ccc3c(oc4c5c(ccc43)=Cc3ccccc3-5)c2-c2ccccc21. The summed E-state index contributed by atoms with van der Waals surface area (Å²) in [5.74, 6) is 0. The summed E-state index contributed by atoms with van der Waals surface area (Å²) < 4.78 is 6.61. The van der Waals surface area contributed by atoms with E-state index < -0.39 is 0 Å². The van der Waals surface area contributed by atoms with Crippen LogP contribution in [0.4, 0.5) is 0 Å². The minimum Gasteiger partial charge on any atom is -0.455 e. The number of rotatable bonds is 0. The summed E-state index contributed by atoms with van der Waals surface area (Å²) in [6.45, 7) is 0. The van der Waals surface area contributed by atoms with E-state index in [1.807, 2.05) is 0 Å². The molecule has 0 saturated carbocycles. The quantitative estimate of drug-likeness (QED) is 0.369. The average molecular weight is 342 g/mol. The smallest absolute Gasteiger partial charge is 0.143 e. The van der Waals surface area contributed by atoms with Gasteiger partial charge in [0.25, 0.3) is 0 Å². The van der Waals surface area contributed by atoms with Crippen molar-refractivity contribution in [2.45, 2.75) is 0 Å². The van der Waals surface area contributed by atoms with Gasteiger partial charge in [-0.2, -0.15) is 0 Å². The molecule has 0 N–H and O–H groups in total. The summed E-state index contributed by atoms with van der Waals surface area (Å²) >= 11 is 0. The average Bonchev–Trinajstić information content (AvgIpc) is 3.37. The van der Waals surface area contributed by atoms with E-state index in [1.165, 1.54) is 54.6 Å². The second-order valence-corrected chi connectivity index (χ2v) is 7.38.